The van der Waals surface area contributed by atoms with Crippen molar-refractivity contribution in [2.45, 2.75) is 37.5 Å². The van der Waals surface area contributed by atoms with Crippen molar-refractivity contribution in [2.24, 2.45) is 0 Å². The molecule has 0 aromatic heterocycles. The first-order chi connectivity index (χ1) is 17.5. The number of anilines is 3. The minimum absolute atomic E-state index is 0.147. The number of ether oxygens (including phenoxy) is 2. The molecule has 2 aromatic carbocycles. The van der Waals surface area contributed by atoms with Crippen molar-refractivity contribution < 1.29 is 37.1 Å². The Balaban J connectivity index is 1.95. The van der Waals surface area contributed by atoms with Crippen molar-refractivity contribution in [3.05, 3.63) is 48.5 Å². The fraction of sp³-hybridized carbons (Fsp3) is 0.333. The summed E-state index contributed by atoms with van der Waals surface area (Å²) in [4.78, 5) is 49.7. The Labute approximate surface area is 214 Å². The number of methoxy groups -OCH3 is 2. The quantitative estimate of drug-likeness (QED) is 0.345. The zero-order valence-corrected chi connectivity index (χ0v) is 21.6. The molecule has 198 valence electrons. The summed E-state index contributed by atoms with van der Waals surface area (Å²) in [5, 5.41) is 5.15. The van der Waals surface area contributed by atoms with Crippen LogP contribution in [0.1, 0.15) is 20.3 Å². The van der Waals surface area contributed by atoms with Gasteiger partial charge in [-0.15, -0.1) is 0 Å². The number of imide groups is 1. The van der Waals surface area contributed by atoms with E-state index in [2.05, 4.69) is 10.6 Å². The maximum atomic E-state index is 13.7. The molecule has 1 saturated heterocycles. The molecule has 0 aliphatic carbocycles. The van der Waals surface area contributed by atoms with E-state index in [1.54, 1.807) is 0 Å². The SMILES string of the molecule is COC(CN(C1CC(=O)N(c2ccc(NC(C)=O)cc2)C1=O)S(=O)(=O)c1ccc(NC(C)=O)cc1)OC. The van der Waals surface area contributed by atoms with Crippen LogP contribution in [0.3, 0.4) is 0 Å². The molecule has 1 unspecified atom stereocenters. The molecule has 2 aromatic rings. The van der Waals surface area contributed by atoms with Crippen LogP contribution in [0, 0.1) is 0 Å². The lowest BCUT2D eigenvalue weighted by molar-refractivity contribution is -0.126. The first kappa shape index (κ1) is 27.9. The van der Waals surface area contributed by atoms with Crippen molar-refractivity contribution in [2.75, 3.05) is 36.3 Å². The van der Waals surface area contributed by atoms with E-state index in [1.807, 2.05) is 0 Å². The van der Waals surface area contributed by atoms with Gasteiger partial charge in [0.05, 0.1) is 23.5 Å². The van der Waals surface area contributed by atoms with Crippen LogP contribution >= 0.6 is 0 Å². The topological polar surface area (TPSA) is 151 Å². The summed E-state index contributed by atoms with van der Waals surface area (Å²) in [5.41, 5.74) is 1.10. The van der Waals surface area contributed by atoms with E-state index in [0.717, 1.165) is 9.21 Å². The van der Waals surface area contributed by atoms with Crippen molar-refractivity contribution >= 4 is 50.7 Å². The zero-order valence-electron chi connectivity index (χ0n) is 20.8. The third-order valence-electron chi connectivity index (χ3n) is 5.55. The van der Waals surface area contributed by atoms with Gasteiger partial charge >= 0.3 is 0 Å². The number of sulfonamides is 1. The predicted molar refractivity (Wildman–Crippen MR) is 134 cm³/mol. The largest absolute Gasteiger partial charge is 0.354 e. The van der Waals surface area contributed by atoms with Crippen LogP contribution in [0.2, 0.25) is 0 Å². The third kappa shape index (κ3) is 6.38. The smallest absolute Gasteiger partial charge is 0.252 e. The molecule has 0 bridgehead atoms. The summed E-state index contributed by atoms with van der Waals surface area (Å²) < 4.78 is 38.6. The van der Waals surface area contributed by atoms with Crippen LogP contribution in [0.5, 0.6) is 0 Å². The Morgan fingerprint density at radius 2 is 1.43 bits per heavy atom. The lowest BCUT2D eigenvalue weighted by Crippen LogP contribution is -2.49. The van der Waals surface area contributed by atoms with Crippen molar-refractivity contribution in [1.82, 2.24) is 4.31 Å². The Morgan fingerprint density at radius 1 is 0.946 bits per heavy atom. The maximum Gasteiger partial charge on any atom is 0.252 e. The monoisotopic (exact) mass is 532 g/mol. The molecule has 1 atom stereocenters. The number of amides is 4. The van der Waals surface area contributed by atoms with Gasteiger partial charge in [0.25, 0.3) is 5.91 Å². The Morgan fingerprint density at radius 3 is 1.89 bits per heavy atom. The van der Waals surface area contributed by atoms with E-state index in [9.17, 15) is 27.6 Å². The molecule has 1 aliphatic rings. The van der Waals surface area contributed by atoms with E-state index < -0.39 is 40.6 Å². The molecule has 0 radical (unpaired) electrons. The van der Waals surface area contributed by atoms with Gasteiger partial charge in [0, 0.05) is 39.4 Å². The number of carbonyl (C=O) groups is 4. The summed E-state index contributed by atoms with van der Waals surface area (Å²) in [6.07, 6.45) is -1.40. The highest BCUT2D eigenvalue weighted by Crippen LogP contribution is 2.31. The number of hydrogen-bond acceptors (Lipinski definition) is 8. The molecule has 1 aliphatic heterocycles. The standard InChI is InChI=1S/C24H28N4O8S/c1-15(29)25-17-5-9-19(10-6-17)28-22(31)13-21(24(28)32)27(14-23(35-3)36-4)37(33,34)20-11-7-18(8-12-20)26-16(2)30/h5-12,21,23H,13-14H2,1-4H3,(H,25,29)(H,26,30). The summed E-state index contributed by atoms with van der Waals surface area (Å²) in [6, 6.07) is 10.1. The number of carbonyl (C=O) groups excluding carboxylic acids is 4. The van der Waals surface area contributed by atoms with Crippen LogP contribution < -0.4 is 15.5 Å². The zero-order chi connectivity index (χ0) is 27.3. The minimum atomic E-state index is -4.31. The second-order valence-corrected chi connectivity index (χ2v) is 10.1. The predicted octanol–water partition coefficient (Wildman–Crippen LogP) is 1.55. The van der Waals surface area contributed by atoms with Crippen LogP contribution in [-0.4, -0.2) is 69.4 Å². The van der Waals surface area contributed by atoms with Gasteiger partial charge in [-0.25, -0.2) is 13.3 Å². The van der Waals surface area contributed by atoms with Gasteiger partial charge in [0.1, 0.15) is 6.04 Å². The van der Waals surface area contributed by atoms with Crippen LogP contribution in [0.25, 0.3) is 0 Å². The molecule has 0 saturated carbocycles. The molecular weight excluding hydrogens is 504 g/mol. The second-order valence-electron chi connectivity index (χ2n) is 8.20. The van der Waals surface area contributed by atoms with Gasteiger partial charge < -0.3 is 20.1 Å². The summed E-state index contributed by atoms with van der Waals surface area (Å²) >= 11 is 0. The van der Waals surface area contributed by atoms with Crippen LogP contribution in [0.4, 0.5) is 17.1 Å². The fourth-order valence-electron chi connectivity index (χ4n) is 3.84. The van der Waals surface area contributed by atoms with E-state index in [1.165, 1.54) is 76.6 Å². The average Bonchev–Trinajstić information content (AvgIpc) is 3.13. The fourth-order valence-corrected chi connectivity index (χ4v) is 5.41. The summed E-state index contributed by atoms with van der Waals surface area (Å²) in [5.74, 6) is -1.92. The molecule has 1 fully saturated rings. The molecule has 2 N–H and O–H groups in total. The summed E-state index contributed by atoms with van der Waals surface area (Å²) in [7, 11) is -1.66. The highest BCUT2D eigenvalue weighted by atomic mass is 32.2. The van der Waals surface area contributed by atoms with Crippen molar-refractivity contribution in [3.63, 3.8) is 0 Å². The number of rotatable bonds is 10. The molecule has 4 amide bonds. The van der Waals surface area contributed by atoms with Crippen LogP contribution in [-0.2, 0) is 38.7 Å². The molecule has 0 spiro atoms. The Bertz CT molecular complexity index is 1270. The molecule has 12 nitrogen and oxygen atoms in total. The lowest BCUT2D eigenvalue weighted by atomic mass is 10.2. The normalized spacial score (nSPS) is 15.9. The van der Waals surface area contributed by atoms with Gasteiger partial charge in [-0.05, 0) is 48.5 Å². The first-order valence-corrected chi connectivity index (χ1v) is 12.6. The molecule has 3 rings (SSSR count). The van der Waals surface area contributed by atoms with Crippen LogP contribution in [0.15, 0.2) is 53.4 Å². The average molecular weight is 533 g/mol. The molecule has 1 heterocycles. The number of hydrogen-bond donors (Lipinski definition) is 2. The number of benzene rings is 2. The van der Waals surface area contributed by atoms with Crippen molar-refractivity contribution in [3.8, 4) is 0 Å². The Kier molecular flexibility index (Phi) is 8.76. The number of nitrogens with one attached hydrogen (secondary N) is 2. The minimum Gasteiger partial charge on any atom is -0.354 e. The molecule has 37 heavy (non-hydrogen) atoms. The Hall–Kier alpha value is -3.65. The van der Waals surface area contributed by atoms with Gasteiger partial charge in [0.15, 0.2) is 6.29 Å². The molecule has 13 heteroatoms. The van der Waals surface area contributed by atoms with Gasteiger partial charge in [0.2, 0.25) is 27.7 Å². The lowest BCUT2D eigenvalue weighted by Gasteiger charge is -2.29. The maximum absolute atomic E-state index is 13.7. The second kappa shape index (κ2) is 11.6. The van der Waals surface area contributed by atoms with E-state index in [0.29, 0.717) is 11.4 Å². The first-order valence-electron chi connectivity index (χ1n) is 11.2. The highest BCUT2D eigenvalue weighted by Gasteiger charge is 2.47. The van der Waals surface area contributed by atoms with E-state index in [4.69, 9.17) is 9.47 Å². The third-order valence-corrected chi connectivity index (χ3v) is 7.44. The highest BCUT2D eigenvalue weighted by molar-refractivity contribution is 7.89. The van der Waals surface area contributed by atoms with Gasteiger partial charge in [-0.2, -0.15) is 4.31 Å². The van der Waals surface area contributed by atoms with Crippen molar-refractivity contribution in [1.29, 1.82) is 0 Å². The van der Waals surface area contributed by atoms with E-state index >= 15 is 0 Å². The van der Waals surface area contributed by atoms with Gasteiger partial charge in [-0.1, -0.05) is 0 Å². The van der Waals surface area contributed by atoms with E-state index in [-0.39, 0.29) is 28.9 Å². The summed E-state index contributed by atoms with van der Waals surface area (Å²) in [6.45, 7) is 2.31. The molecular formula is C24H28N4O8S. The number of nitrogens with zero attached hydrogens (tertiary/aromatic N) is 2. The van der Waals surface area contributed by atoms with Gasteiger partial charge in [-0.3, -0.25) is 19.2 Å².